The molecule has 0 aromatic carbocycles. The number of methoxy groups -OCH3 is 1. The summed E-state index contributed by atoms with van der Waals surface area (Å²) >= 11 is 0. The molecule has 0 bridgehead atoms. The van der Waals surface area contributed by atoms with E-state index in [9.17, 15) is 4.79 Å². The number of nitrogens with one attached hydrogen (secondary N) is 1. The Bertz CT molecular complexity index is 465. The molecule has 1 fully saturated rings. The van der Waals surface area contributed by atoms with Gasteiger partial charge in [-0.1, -0.05) is 0 Å². The second-order valence-corrected chi connectivity index (χ2v) is 4.44. The molecule has 7 heteroatoms. The molecule has 2 heterocycles. The van der Waals surface area contributed by atoms with Crippen LogP contribution in [-0.2, 0) is 4.79 Å². The van der Waals surface area contributed by atoms with Gasteiger partial charge in [0, 0.05) is 13.6 Å². The predicted octanol–water partition coefficient (Wildman–Crippen LogP) is 0.172. The maximum atomic E-state index is 11.9. The van der Waals surface area contributed by atoms with Gasteiger partial charge in [-0.25, -0.2) is 4.98 Å². The number of carbonyl (C=O) groups is 1. The number of hydrogen-bond donors (Lipinski definition) is 2. The average molecular weight is 265 g/mol. The Morgan fingerprint density at radius 1 is 1.53 bits per heavy atom. The molecule has 1 aliphatic heterocycles. The van der Waals surface area contributed by atoms with E-state index >= 15 is 0 Å². The van der Waals surface area contributed by atoms with Gasteiger partial charge in [0.25, 0.3) is 0 Å². The second-order valence-electron chi connectivity index (χ2n) is 4.44. The Balaban J connectivity index is 2.35. The molecule has 0 saturated carbocycles. The molecular formula is C12H19N5O2. The van der Waals surface area contributed by atoms with Gasteiger partial charge in [0.05, 0.1) is 7.11 Å². The zero-order chi connectivity index (χ0) is 13.8. The van der Waals surface area contributed by atoms with Crippen molar-refractivity contribution in [2.24, 2.45) is 0 Å². The lowest BCUT2D eigenvalue weighted by molar-refractivity contribution is -0.122. The predicted molar refractivity (Wildman–Crippen MR) is 72.0 cm³/mol. The molecule has 104 valence electrons. The highest BCUT2D eigenvalue weighted by Crippen LogP contribution is 2.31. The maximum absolute atomic E-state index is 11.9. The van der Waals surface area contributed by atoms with Gasteiger partial charge in [-0.05, 0) is 19.3 Å². The number of aromatic nitrogens is 2. The van der Waals surface area contributed by atoms with Crippen LogP contribution < -0.4 is 20.7 Å². The van der Waals surface area contributed by atoms with E-state index in [1.165, 1.54) is 13.4 Å². The normalized spacial score (nSPS) is 19.1. The lowest BCUT2D eigenvalue weighted by Gasteiger charge is -2.35. The molecule has 7 nitrogen and oxygen atoms in total. The number of ether oxygens (including phenoxy) is 1. The Hall–Kier alpha value is -2.05. The number of anilines is 2. The minimum atomic E-state index is -0.236. The van der Waals surface area contributed by atoms with Crippen LogP contribution in [0.2, 0.25) is 0 Å². The van der Waals surface area contributed by atoms with Crippen molar-refractivity contribution >= 4 is 17.4 Å². The molecule has 1 saturated heterocycles. The minimum Gasteiger partial charge on any atom is -0.479 e. The molecule has 1 aromatic rings. The number of nitrogens with two attached hydrogens (primary N) is 1. The van der Waals surface area contributed by atoms with Gasteiger partial charge in [-0.3, -0.25) is 4.79 Å². The monoisotopic (exact) mass is 265 g/mol. The van der Waals surface area contributed by atoms with Crippen LogP contribution >= 0.6 is 0 Å². The highest BCUT2D eigenvalue weighted by molar-refractivity contribution is 5.86. The summed E-state index contributed by atoms with van der Waals surface area (Å²) in [7, 11) is 3.15. The van der Waals surface area contributed by atoms with Crippen molar-refractivity contribution in [1.29, 1.82) is 0 Å². The quantitative estimate of drug-likeness (QED) is 0.809. The summed E-state index contributed by atoms with van der Waals surface area (Å²) in [5.74, 6) is 0.892. The number of amides is 1. The van der Waals surface area contributed by atoms with Crippen LogP contribution in [0.25, 0.3) is 0 Å². The van der Waals surface area contributed by atoms with Crippen molar-refractivity contribution in [1.82, 2.24) is 15.3 Å². The Labute approximate surface area is 112 Å². The van der Waals surface area contributed by atoms with Crippen molar-refractivity contribution < 1.29 is 9.53 Å². The van der Waals surface area contributed by atoms with Gasteiger partial charge in [0.1, 0.15) is 18.1 Å². The van der Waals surface area contributed by atoms with Crippen molar-refractivity contribution in [3.63, 3.8) is 0 Å². The van der Waals surface area contributed by atoms with E-state index in [0.717, 1.165) is 25.8 Å². The molecule has 1 aliphatic rings. The van der Waals surface area contributed by atoms with E-state index in [0.29, 0.717) is 17.4 Å². The van der Waals surface area contributed by atoms with E-state index in [4.69, 9.17) is 10.5 Å². The lowest BCUT2D eigenvalue weighted by atomic mass is 10.0. The lowest BCUT2D eigenvalue weighted by Crippen LogP contribution is -2.49. The van der Waals surface area contributed by atoms with Crippen LogP contribution in [0.1, 0.15) is 19.3 Å². The summed E-state index contributed by atoms with van der Waals surface area (Å²) in [6.45, 7) is 0.752. The fourth-order valence-electron chi connectivity index (χ4n) is 2.39. The molecular weight excluding hydrogens is 246 g/mol. The summed E-state index contributed by atoms with van der Waals surface area (Å²) < 4.78 is 5.10. The standard InChI is InChI=1S/C12H19N5O2/c1-14-11(18)8-5-3-4-6-17(8)10-9(13)12(19-2)16-7-15-10/h7-8H,3-6,13H2,1-2H3,(H,14,18). The van der Waals surface area contributed by atoms with Crippen LogP contribution in [-0.4, -0.2) is 42.6 Å². The Morgan fingerprint density at radius 3 is 3.00 bits per heavy atom. The Kier molecular flexibility index (Phi) is 4.03. The van der Waals surface area contributed by atoms with E-state index < -0.39 is 0 Å². The summed E-state index contributed by atoms with van der Waals surface area (Å²) in [6.07, 6.45) is 4.24. The van der Waals surface area contributed by atoms with Crippen LogP contribution in [0.5, 0.6) is 5.88 Å². The summed E-state index contributed by atoms with van der Waals surface area (Å²) in [6, 6.07) is -0.236. The third-order valence-electron chi connectivity index (χ3n) is 3.34. The number of rotatable bonds is 3. The van der Waals surface area contributed by atoms with Gasteiger partial charge < -0.3 is 20.7 Å². The molecule has 0 spiro atoms. The molecule has 1 aromatic heterocycles. The molecule has 19 heavy (non-hydrogen) atoms. The third-order valence-corrected chi connectivity index (χ3v) is 3.34. The molecule has 0 radical (unpaired) electrons. The van der Waals surface area contributed by atoms with Gasteiger partial charge in [0.2, 0.25) is 11.8 Å². The zero-order valence-corrected chi connectivity index (χ0v) is 11.2. The van der Waals surface area contributed by atoms with E-state index in [-0.39, 0.29) is 11.9 Å². The number of likely N-dealkylation sites (N-methyl/N-ethyl adjacent to an activating group) is 1. The Morgan fingerprint density at radius 2 is 2.32 bits per heavy atom. The summed E-state index contributed by atoms with van der Waals surface area (Å²) in [5, 5.41) is 2.69. The summed E-state index contributed by atoms with van der Waals surface area (Å²) in [4.78, 5) is 22.0. The van der Waals surface area contributed by atoms with Gasteiger partial charge in [0.15, 0.2) is 5.82 Å². The number of nitrogen functional groups attached to an aromatic ring is 1. The van der Waals surface area contributed by atoms with E-state index in [1.807, 2.05) is 4.90 Å². The van der Waals surface area contributed by atoms with Gasteiger partial charge in [-0.15, -0.1) is 0 Å². The molecule has 2 rings (SSSR count). The first-order valence-corrected chi connectivity index (χ1v) is 6.31. The van der Waals surface area contributed by atoms with E-state index in [1.54, 1.807) is 7.05 Å². The highest BCUT2D eigenvalue weighted by atomic mass is 16.5. The van der Waals surface area contributed by atoms with Crippen molar-refractivity contribution in [3.8, 4) is 5.88 Å². The van der Waals surface area contributed by atoms with E-state index in [2.05, 4.69) is 15.3 Å². The second kappa shape index (κ2) is 5.73. The van der Waals surface area contributed by atoms with Crippen LogP contribution in [0.15, 0.2) is 6.33 Å². The van der Waals surface area contributed by atoms with Gasteiger partial charge >= 0.3 is 0 Å². The first kappa shape index (κ1) is 13.4. The van der Waals surface area contributed by atoms with Crippen molar-refractivity contribution in [2.75, 3.05) is 31.3 Å². The van der Waals surface area contributed by atoms with Crippen molar-refractivity contribution in [3.05, 3.63) is 6.33 Å². The molecule has 3 N–H and O–H groups in total. The number of hydrogen-bond acceptors (Lipinski definition) is 6. The molecule has 1 amide bonds. The van der Waals surface area contributed by atoms with Crippen LogP contribution in [0.3, 0.4) is 0 Å². The minimum absolute atomic E-state index is 0.0170. The fraction of sp³-hybridized carbons (Fsp3) is 0.583. The van der Waals surface area contributed by atoms with Crippen LogP contribution in [0.4, 0.5) is 11.5 Å². The zero-order valence-electron chi connectivity index (χ0n) is 11.2. The van der Waals surface area contributed by atoms with Gasteiger partial charge in [-0.2, -0.15) is 4.98 Å². The fourth-order valence-corrected chi connectivity index (χ4v) is 2.39. The maximum Gasteiger partial charge on any atom is 0.242 e. The molecule has 1 unspecified atom stereocenters. The first-order chi connectivity index (χ1) is 9.19. The van der Waals surface area contributed by atoms with Crippen molar-refractivity contribution in [2.45, 2.75) is 25.3 Å². The molecule has 1 atom stereocenters. The number of piperidine rings is 1. The SMILES string of the molecule is CNC(=O)C1CCCCN1c1ncnc(OC)c1N. The largest absolute Gasteiger partial charge is 0.479 e. The topological polar surface area (TPSA) is 93.4 Å². The highest BCUT2D eigenvalue weighted by Gasteiger charge is 2.30. The number of nitrogens with zero attached hydrogens (tertiary/aromatic N) is 3. The average Bonchev–Trinajstić information content (AvgIpc) is 2.47. The van der Waals surface area contributed by atoms with Crippen LogP contribution in [0, 0.1) is 0 Å². The molecule has 0 aliphatic carbocycles. The third kappa shape index (κ3) is 2.54. The first-order valence-electron chi connectivity index (χ1n) is 6.31. The smallest absolute Gasteiger partial charge is 0.242 e. The summed E-state index contributed by atoms with van der Waals surface area (Å²) in [5.41, 5.74) is 6.38. The number of carbonyl (C=O) groups excluding carboxylic acids is 1.